The Labute approximate surface area is 341 Å². The lowest BCUT2D eigenvalue weighted by atomic mass is 10.0. The fourth-order valence-corrected chi connectivity index (χ4v) is 6.47. The van der Waals surface area contributed by atoms with Gasteiger partial charge in [0, 0.05) is 13.0 Å². The number of ether oxygens (including phenoxy) is 2. The first-order valence-corrected chi connectivity index (χ1v) is 23.3. The first kappa shape index (κ1) is 53.7. The van der Waals surface area contributed by atoms with Gasteiger partial charge in [-0.05, 0) is 57.8 Å². The number of phosphoric acid groups is 1. The summed E-state index contributed by atoms with van der Waals surface area (Å²) in [4.78, 5) is 33.5. The number of carbonyl (C=O) groups excluding carboxylic acids is 1. The van der Waals surface area contributed by atoms with Gasteiger partial charge >= 0.3 is 19.8 Å². The molecule has 0 heterocycles. The summed E-state index contributed by atoms with van der Waals surface area (Å²) in [6.45, 7) is 3.74. The monoisotopic (exact) mass is 810 g/mol. The first-order chi connectivity index (χ1) is 27.2. The Bertz CT molecular complexity index is 1120. The van der Waals surface area contributed by atoms with Gasteiger partial charge in [-0.15, -0.1) is 0 Å². The highest BCUT2D eigenvalue weighted by molar-refractivity contribution is 7.47. The maximum Gasteiger partial charge on any atom is 0.472 e. The minimum absolute atomic E-state index is 0.00837. The van der Waals surface area contributed by atoms with Crippen LogP contribution in [0, 0.1) is 0 Å². The molecule has 324 valence electrons. The van der Waals surface area contributed by atoms with Gasteiger partial charge in [0.05, 0.1) is 19.8 Å². The van der Waals surface area contributed by atoms with Crippen molar-refractivity contribution < 1.29 is 42.7 Å². The van der Waals surface area contributed by atoms with Gasteiger partial charge < -0.3 is 25.2 Å². The van der Waals surface area contributed by atoms with E-state index in [2.05, 4.69) is 74.6 Å². The van der Waals surface area contributed by atoms with Crippen LogP contribution in [-0.4, -0.2) is 60.5 Å². The minimum Gasteiger partial charge on any atom is -0.480 e. The number of carbonyl (C=O) groups is 2. The Hall–Kier alpha value is -2.33. The number of rotatable bonds is 41. The van der Waals surface area contributed by atoms with Crippen LogP contribution < -0.4 is 5.73 Å². The number of hydrogen-bond donors (Lipinski definition) is 3. The molecule has 0 aromatic rings. The highest BCUT2D eigenvalue weighted by Gasteiger charge is 2.27. The number of allylic oxidation sites excluding steroid dienone is 10. The Kier molecular flexibility index (Phi) is 39.2. The second-order valence-electron chi connectivity index (χ2n) is 14.4. The number of nitrogens with two attached hydrogens (primary N) is 1. The van der Waals surface area contributed by atoms with Crippen LogP contribution in [0.4, 0.5) is 0 Å². The topological polar surface area (TPSA) is 155 Å². The van der Waals surface area contributed by atoms with Crippen LogP contribution in [0.1, 0.15) is 174 Å². The van der Waals surface area contributed by atoms with Gasteiger partial charge in [-0.1, -0.05) is 171 Å². The molecule has 0 aromatic carbocycles. The zero-order chi connectivity index (χ0) is 41.2. The molecule has 56 heavy (non-hydrogen) atoms. The number of unbranched alkanes of at least 4 members (excludes halogenated alkanes) is 17. The molecule has 0 spiro atoms. The standard InChI is InChI=1S/C45H80NO9P/c1-3-5-7-9-11-13-15-17-18-19-20-21-22-23-24-25-27-29-31-33-35-37-44(47)55-42(40-53-56(50,51)54-41-43(46)45(48)49)39-52-38-36-34-32-30-28-26-16-14-12-10-8-6-4-2/h5,7,11,13,17-18,20-21,23-24,42-43H,3-4,6,8-10,12,14-16,19,22,25-41,46H2,1-2H3,(H,48,49)(H,50,51)/b7-5-,13-11-,18-17-,21-20-,24-23-. The highest BCUT2D eigenvalue weighted by Crippen LogP contribution is 2.43. The number of carboxylic acid groups (broad SMARTS) is 1. The van der Waals surface area contributed by atoms with Crippen molar-refractivity contribution in [2.45, 2.75) is 187 Å². The number of carboxylic acids is 1. The van der Waals surface area contributed by atoms with E-state index in [-0.39, 0.29) is 13.0 Å². The van der Waals surface area contributed by atoms with Crippen molar-refractivity contribution in [1.82, 2.24) is 0 Å². The van der Waals surface area contributed by atoms with Crippen LogP contribution in [0.5, 0.6) is 0 Å². The summed E-state index contributed by atoms with van der Waals surface area (Å²) in [7, 11) is -4.62. The van der Waals surface area contributed by atoms with Crippen molar-refractivity contribution in [1.29, 1.82) is 0 Å². The Morgan fingerprint density at radius 3 is 1.55 bits per heavy atom. The smallest absolute Gasteiger partial charge is 0.472 e. The summed E-state index contributed by atoms with van der Waals surface area (Å²) in [5.74, 6) is -1.80. The number of phosphoric ester groups is 1. The maximum atomic E-state index is 12.6. The molecule has 10 nitrogen and oxygen atoms in total. The molecular weight excluding hydrogens is 729 g/mol. The molecule has 0 aliphatic rings. The zero-order valence-electron chi connectivity index (χ0n) is 35.2. The van der Waals surface area contributed by atoms with Crippen LogP contribution in [0.2, 0.25) is 0 Å². The van der Waals surface area contributed by atoms with Crippen molar-refractivity contribution in [3.63, 3.8) is 0 Å². The summed E-state index contributed by atoms with van der Waals surface area (Å²) >= 11 is 0. The highest BCUT2D eigenvalue weighted by atomic mass is 31.2. The van der Waals surface area contributed by atoms with Gasteiger partial charge in [0.1, 0.15) is 12.1 Å². The predicted molar refractivity (Wildman–Crippen MR) is 231 cm³/mol. The third-order valence-electron chi connectivity index (χ3n) is 9.06. The van der Waals surface area contributed by atoms with E-state index < -0.39 is 45.1 Å². The number of aliphatic carboxylic acids is 1. The Morgan fingerprint density at radius 1 is 0.589 bits per heavy atom. The number of hydrogen-bond acceptors (Lipinski definition) is 8. The van der Waals surface area contributed by atoms with E-state index in [1.54, 1.807) is 0 Å². The van der Waals surface area contributed by atoms with E-state index >= 15 is 0 Å². The fraction of sp³-hybridized carbons (Fsp3) is 0.733. The van der Waals surface area contributed by atoms with Crippen molar-refractivity contribution in [3.05, 3.63) is 60.8 Å². The summed E-state index contributed by atoms with van der Waals surface area (Å²) in [6.07, 6.45) is 48.4. The second kappa shape index (κ2) is 40.9. The lowest BCUT2D eigenvalue weighted by Gasteiger charge is -2.20. The lowest BCUT2D eigenvalue weighted by molar-refractivity contribution is -0.154. The maximum absolute atomic E-state index is 12.6. The molecular formula is C45H80NO9P. The van der Waals surface area contributed by atoms with Crippen LogP contribution in [0.3, 0.4) is 0 Å². The molecule has 0 radical (unpaired) electrons. The fourth-order valence-electron chi connectivity index (χ4n) is 5.69. The van der Waals surface area contributed by atoms with E-state index in [0.29, 0.717) is 13.0 Å². The Balaban J connectivity index is 4.27. The molecule has 3 atom stereocenters. The minimum atomic E-state index is -4.62. The zero-order valence-corrected chi connectivity index (χ0v) is 36.1. The molecule has 0 aliphatic heterocycles. The van der Waals surface area contributed by atoms with Crippen LogP contribution in [0.15, 0.2) is 60.8 Å². The average Bonchev–Trinajstić information content (AvgIpc) is 3.18. The van der Waals surface area contributed by atoms with E-state index in [9.17, 15) is 19.0 Å². The van der Waals surface area contributed by atoms with Crippen molar-refractivity contribution in [2.24, 2.45) is 5.73 Å². The molecule has 0 fully saturated rings. The van der Waals surface area contributed by atoms with Gasteiger partial charge in [-0.3, -0.25) is 18.6 Å². The van der Waals surface area contributed by atoms with Crippen LogP contribution in [0.25, 0.3) is 0 Å². The molecule has 0 amide bonds. The SMILES string of the molecule is CC/C=C\C/C=C\C/C=C\C/C=C\C/C=C\CCCCCCCC(=O)OC(COCCCCCCCCCCCCCCC)COP(=O)(O)OCC(N)C(=O)O. The summed E-state index contributed by atoms with van der Waals surface area (Å²) in [5, 5.41) is 8.89. The molecule has 0 saturated carbocycles. The van der Waals surface area contributed by atoms with Gasteiger partial charge in [0.25, 0.3) is 0 Å². The van der Waals surface area contributed by atoms with E-state index in [0.717, 1.165) is 83.5 Å². The average molecular weight is 810 g/mol. The van der Waals surface area contributed by atoms with Gasteiger partial charge in [0.15, 0.2) is 0 Å². The number of esters is 1. The second-order valence-corrected chi connectivity index (χ2v) is 15.9. The van der Waals surface area contributed by atoms with Gasteiger partial charge in [-0.25, -0.2) is 4.57 Å². The first-order valence-electron chi connectivity index (χ1n) is 21.8. The molecule has 0 rings (SSSR count). The molecule has 0 saturated heterocycles. The molecule has 11 heteroatoms. The normalized spacial score (nSPS) is 14.5. The molecule has 0 aromatic heterocycles. The molecule has 0 aliphatic carbocycles. The summed E-state index contributed by atoms with van der Waals surface area (Å²) in [5.41, 5.74) is 5.35. The summed E-state index contributed by atoms with van der Waals surface area (Å²) < 4.78 is 33.3. The van der Waals surface area contributed by atoms with E-state index in [4.69, 9.17) is 29.4 Å². The third-order valence-corrected chi connectivity index (χ3v) is 10.0. The van der Waals surface area contributed by atoms with Gasteiger partial charge in [-0.2, -0.15) is 0 Å². The molecule has 3 unspecified atom stereocenters. The largest absolute Gasteiger partial charge is 0.480 e. The summed E-state index contributed by atoms with van der Waals surface area (Å²) in [6, 6.07) is -1.48. The lowest BCUT2D eigenvalue weighted by Crippen LogP contribution is -2.34. The van der Waals surface area contributed by atoms with Crippen molar-refractivity contribution in [3.8, 4) is 0 Å². The van der Waals surface area contributed by atoms with Gasteiger partial charge in [0.2, 0.25) is 0 Å². The Morgan fingerprint density at radius 2 is 1.04 bits per heavy atom. The van der Waals surface area contributed by atoms with Crippen LogP contribution in [-0.2, 0) is 32.7 Å². The quantitative estimate of drug-likeness (QED) is 0.0235. The molecule has 4 N–H and O–H groups in total. The van der Waals surface area contributed by atoms with Crippen molar-refractivity contribution >= 4 is 19.8 Å². The van der Waals surface area contributed by atoms with Crippen molar-refractivity contribution in [2.75, 3.05) is 26.4 Å². The van der Waals surface area contributed by atoms with E-state index in [1.165, 1.54) is 64.2 Å². The predicted octanol–water partition coefficient (Wildman–Crippen LogP) is 12.0. The molecule has 0 bridgehead atoms. The third kappa shape index (κ3) is 39.9. The van der Waals surface area contributed by atoms with Crippen LogP contribution >= 0.6 is 7.82 Å². The van der Waals surface area contributed by atoms with E-state index in [1.807, 2.05) is 0 Å².